The minimum Gasteiger partial charge on any atom is -0.466 e. The van der Waals surface area contributed by atoms with Crippen LogP contribution in [-0.4, -0.2) is 49.7 Å². The number of halogens is 1. The fraction of sp³-hybridized carbons (Fsp3) is 0.529. The number of hydrogen-bond donors (Lipinski definition) is 0. The lowest BCUT2D eigenvalue weighted by molar-refractivity contribution is -0.143. The molecule has 0 bridgehead atoms. The highest BCUT2D eigenvalue weighted by Gasteiger charge is 2.19. The van der Waals surface area contributed by atoms with Crippen molar-refractivity contribution in [2.45, 2.75) is 26.7 Å². The summed E-state index contributed by atoms with van der Waals surface area (Å²) in [5, 5.41) is 0.406. The molecule has 0 aliphatic heterocycles. The third-order valence-electron chi connectivity index (χ3n) is 3.20. The van der Waals surface area contributed by atoms with Gasteiger partial charge in [-0.05, 0) is 32.4 Å². The number of hydrogen-bond acceptors (Lipinski definition) is 4. The van der Waals surface area contributed by atoms with Gasteiger partial charge in [-0.3, -0.25) is 9.59 Å². The van der Waals surface area contributed by atoms with E-state index in [0.29, 0.717) is 49.9 Å². The summed E-state index contributed by atoms with van der Waals surface area (Å²) < 4.78 is 10.2. The first-order chi connectivity index (χ1) is 11.1. The van der Waals surface area contributed by atoms with Gasteiger partial charge in [0.2, 0.25) is 0 Å². The second kappa shape index (κ2) is 11.0. The van der Waals surface area contributed by atoms with Gasteiger partial charge in [0.05, 0.1) is 23.6 Å². The van der Waals surface area contributed by atoms with E-state index < -0.39 is 0 Å². The number of benzene rings is 1. The molecule has 128 valence electrons. The third-order valence-corrected chi connectivity index (χ3v) is 3.53. The molecule has 0 fully saturated rings. The van der Waals surface area contributed by atoms with Crippen molar-refractivity contribution in [3.63, 3.8) is 0 Å². The van der Waals surface area contributed by atoms with Crippen molar-refractivity contribution in [2.75, 3.05) is 32.9 Å². The van der Waals surface area contributed by atoms with Crippen molar-refractivity contribution in [2.24, 2.45) is 0 Å². The summed E-state index contributed by atoms with van der Waals surface area (Å²) in [6.45, 7) is 6.03. The predicted molar refractivity (Wildman–Crippen MR) is 89.7 cm³/mol. The van der Waals surface area contributed by atoms with Crippen molar-refractivity contribution in [1.82, 2.24) is 4.90 Å². The van der Waals surface area contributed by atoms with Crippen LogP contribution < -0.4 is 0 Å². The zero-order valence-electron chi connectivity index (χ0n) is 13.7. The normalized spacial score (nSPS) is 10.4. The predicted octanol–water partition coefficient (Wildman–Crippen LogP) is 3.16. The Labute approximate surface area is 142 Å². The molecule has 0 aromatic heterocycles. The Morgan fingerprint density at radius 3 is 2.52 bits per heavy atom. The molecular weight excluding hydrogens is 318 g/mol. The molecule has 1 aromatic carbocycles. The maximum atomic E-state index is 12.6. The zero-order valence-corrected chi connectivity index (χ0v) is 14.5. The Kier molecular flexibility index (Phi) is 9.33. The van der Waals surface area contributed by atoms with E-state index in [1.807, 2.05) is 6.92 Å². The van der Waals surface area contributed by atoms with E-state index in [0.717, 1.165) is 0 Å². The van der Waals surface area contributed by atoms with Gasteiger partial charge in [0.25, 0.3) is 5.91 Å². The molecule has 1 rings (SSSR count). The minimum atomic E-state index is -0.311. The smallest absolute Gasteiger partial charge is 0.307 e. The molecule has 0 aliphatic carbocycles. The van der Waals surface area contributed by atoms with E-state index in [4.69, 9.17) is 21.1 Å². The Balaban J connectivity index is 2.70. The highest BCUT2D eigenvalue weighted by atomic mass is 35.5. The van der Waals surface area contributed by atoms with E-state index in [1.54, 1.807) is 36.1 Å². The molecule has 6 heteroatoms. The van der Waals surface area contributed by atoms with E-state index in [-0.39, 0.29) is 18.3 Å². The number of carbonyl (C=O) groups excluding carboxylic acids is 2. The Morgan fingerprint density at radius 1 is 1.13 bits per heavy atom. The van der Waals surface area contributed by atoms with Gasteiger partial charge in [-0.15, -0.1) is 0 Å². The molecule has 0 saturated carbocycles. The Bertz CT molecular complexity index is 507. The van der Waals surface area contributed by atoms with Crippen LogP contribution in [0.1, 0.15) is 37.0 Å². The largest absolute Gasteiger partial charge is 0.466 e. The molecule has 5 nitrogen and oxygen atoms in total. The van der Waals surface area contributed by atoms with Gasteiger partial charge in [0, 0.05) is 26.3 Å². The fourth-order valence-corrected chi connectivity index (χ4v) is 2.30. The summed E-state index contributed by atoms with van der Waals surface area (Å²) in [7, 11) is 0. The van der Waals surface area contributed by atoms with Crippen LogP contribution in [0.25, 0.3) is 0 Å². The lowest BCUT2D eigenvalue weighted by Crippen LogP contribution is -2.35. The average molecular weight is 342 g/mol. The Morgan fingerprint density at radius 2 is 1.87 bits per heavy atom. The van der Waals surface area contributed by atoms with Crippen LogP contribution >= 0.6 is 11.6 Å². The van der Waals surface area contributed by atoms with Crippen molar-refractivity contribution in [1.29, 1.82) is 0 Å². The van der Waals surface area contributed by atoms with E-state index >= 15 is 0 Å². The van der Waals surface area contributed by atoms with Crippen LogP contribution in [-0.2, 0) is 14.3 Å². The monoisotopic (exact) mass is 341 g/mol. The third kappa shape index (κ3) is 7.01. The summed E-state index contributed by atoms with van der Waals surface area (Å²) in [6.07, 6.45) is 0.867. The number of ether oxygens (including phenoxy) is 2. The van der Waals surface area contributed by atoms with Crippen molar-refractivity contribution < 1.29 is 19.1 Å². The zero-order chi connectivity index (χ0) is 17.1. The van der Waals surface area contributed by atoms with Gasteiger partial charge in [-0.25, -0.2) is 0 Å². The van der Waals surface area contributed by atoms with Crippen LogP contribution in [0, 0.1) is 0 Å². The molecule has 0 heterocycles. The molecule has 0 radical (unpaired) electrons. The maximum Gasteiger partial charge on any atom is 0.307 e. The SMILES string of the molecule is CCOCCCN(CCC(=O)OCC)C(=O)c1ccccc1Cl. The Hall–Kier alpha value is -1.59. The van der Waals surface area contributed by atoms with E-state index in [1.165, 1.54) is 0 Å². The van der Waals surface area contributed by atoms with Gasteiger partial charge >= 0.3 is 5.97 Å². The number of carbonyl (C=O) groups is 2. The van der Waals surface area contributed by atoms with Gasteiger partial charge in [0.1, 0.15) is 0 Å². The average Bonchev–Trinajstić information content (AvgIpc) is 2.54. The molecule has 0 spiro atoms. The van der Waals surface area contributed by atoms with Gasteiger partial charge in [0.15, 0.2) is 0 Å². The number of rotatable bonds is 10. The topological polar surface area (TPSA) is 55.8 Å². The number of esters is 1. The van der Waals surface area contributed by atoms with Crippen molar-refractivity contribution >= 4 is 23.5 Å². The summed E-state index contributed by atoms with van der Waals surface area (Å²) >= 11 is 6.10. The fourth-order valence-electron chi connectivity index (χ4n) is 2.08. The molecule has 0 N–H and O–H groups in total. The number of nitrogens with zero attached hydrogens (tertiary/aromatic N) is 1. The quantitative estimate of drug-likeness (QED) is 0.484. The highest BCUT2D eigenvalue weighted by Crippen LogP contribution is 2.17. The maximum absolute atomic E-state index is 12.6. The van der Waals surface area contributed by atoms with Crippen LogP contribution in [0.15, 0.2) is 24.3 Å². The van der Waals surface area contributed by atoms with Crippen LogP contribution in [0.2, 0.25) is 5.02 Å². The number of amides is 1. The highest BCUT2D eigenvalue weighted by molar-refractivity contribution is 6.33. The van der Waals surface area contributed by atoms with Crippen LogP contribution in [0.3, 0.4) is 0 Å². The second-order valence-corrected chi connectivity index (χ2v) is 5.28. The molecule has 0 aliphatic rings. The molecular formula is C17H24ClNO4. The summed E-state index contributed by atoms with van der Waals surface area (Å²) in [5.74, 6) is -0.495. The van der Waals surface area contributed by atoms with Crippen LogP contribution in [0.5, 0.6) is 0 Å². The molecule has 0 unspecified atom stereocenters. The summed E-state index contributed by atoms with van der Waals surface area (Å²) in [4.78, 5) is 25.8. The van der Waals surface area contributed by atoms with Crippen molar-refractivity contribution in [3.05, 3.63) is 34.9 Å². The van der Waals surface area contributed by atoms with E-state index in [2.05, 4.69) is 0 Å². The van der Waals surface area contributed by atoms with Gasteiger partial charge in [-0.1, -0.05) is 23.7 Å². The first-order valence-corrected chi connectivity index (χ1v) is 8.25. The van der Waals surface area contributed by atoms with Gasteiger partial charge in [-0.2, -0.15) is 0 Å². The minimum absolute atomic E-state index is 0.165. The standard InChI is InChI=1S/C17H24ClNO4/c1-3-22-13-7-11-19(12-10-16(20)23-4-2)17(21)14-8-5-6-9-15(14)18/h5-6,8-9H,3-4,7,10-13H2,1-2H3. The first-order valence-electron chi connectivity index (χ1n) is 7.87. The molecule has 0 atom stereocenters. The molecule has 1 aromatic rings. The summed E-state index contributed by atoms with van der Waals surface area (Å²) in [6, 6.07) is 6.91. The molecule has 23 heavy (non-hydrogen) atoms. The van der Waals surface area contributed by atoms with Gasteiger partial charge < -0.3 is 14.4 Å². The second-order valence-electron chi connectivity index (χ2n) is 4.88. The van der Waals surface area contributed by atoms with E-state index in [9.17, 15) is 9.59 Å². The summed E-state index contributed by atoms with van der Waals surface area (Å²) in [5.41, 5.74) is 0.439. The first kappa shape index (κ1) is 19.5. The molecule has 0 saturated heterocycles. The lowest BCUT2D eigenvalue weighted by Gasteiger charge is -2.23. The molecule has 1 amide bonds. The lowest BCUT2D eigenvalue weighted by atomic mass is 10.2. The van der Waals surface area contributed by atoms with Crippen molar-refractivity contribution in [3.8, 4) is 0 Å². The van der Waals surface area contributed by atoms with Crippen LogP contribution in [0.4, 0.5) is 0 Å².